The summed E-state index contributed by atoms with van der Waals surface area (Å²) < 4.78 is 5.96. The van der Waals surface area contributed by atoms with Crippen molar-refractivity contribution in [3.8, 4) is 0 Å². The molecule has 4 nitrogen and oxygen atoms in total. The van der Waals surface area contributed by atoms with Gasteiger partial charge in [-0.15, -0.1) is 11.8 Å². The number of ether oxygens (including phenoxy) is 1. The number of fused-ring (bicyclic) bond motifs is 1. The lowest BCUT2D eigenvalue weighted by molar-refractivity contribution is -0.200. The summed E-state index contributed by atoms with van der Waals surface area (Å²) in [5.41, 5.74) is 5.92. The largest absolute Gasteiger partial charge is 0.387 e. The van der Waals surface area contributed by atoms with Crippen molar-refractivity contribution in [1.82, 2.24) is 0 Å². The van der Waals surface area contributed by atoms with Crippen molar-refractivity contribution in [3.05, 3.63) is 70.3 Å². The van der Waals surface area contributed by atoms with E-state index in [4.69, 9.17) is 4.74 Å². The van der Waals surface area contributed by atoms with Gasteiger partial charge in [-0.1, -0.05) is 55.3 Å². The van der Waals surface area contributed by atoms with Gasteiger partial charge in [0.1, 0.15) is 29.9 Å². The SMILES string of the molecule is CS[C@H]1OC(c2ccc(C)c(Cc3ccc(C45CCCCC4C5)cc3)c2)[C@H](O)[C@@H](O)[C@@H]1O. The number of hydrogen-bond donors (Lipinski definition) is 3. The van der Waals surface area contributed by atoms with Crippen LogP contribution < -0.4 is 0 Å². The zero-order valence-corrected chi connectivity index (χ0v) is 19.7. The van der Waals surface area contributed by atoms with Gasteiger partial charge in [-0.05, 0) is 78.0 Å². The minimum absolute atomic E-state index is 0.473. The topological polar surface area (TPSA) is 69.9 Å². The molecule has 0 bridgehead atoms. The third-order valence-corrected chi connectivity index (χ3v) is 8.94. The molecule has 5 rings (SSSR count). The Morgan fingerprint density at radius 2 is 1.78 bits per heavy atom. The van der Waals surface area contributed by atoms with Gasteiger partial charge in [0.25, 0.3) is 0 Å². The predicted molar refractivity (Wildman–Crippen MR) is 128 cm³/mol. The molecule has 0 spiro atoms. The smallest absolute Gasteiger partial charge is 0.132 e. The van der Waals surface area contributed by atoms with E-state index < -0.39 is 29.9 Å². The molecule has 3 aliphatic rings. The average molecular weight is 455 g/mol. The monoisotopic (exact) mass is 454 g/mol. The maximum absolute atomic E-state index is 10.6. The lowest BCUT2D eigenvalue weighted by Gasteiger charge is -2.40. The van der Waals surface area contributed by atoms with E-state index in [0.717, 1.165) is 17.9 Å². The highest BCUT2D eigenvalue weighted by atomic mass is 32.2. The van der Waals surface area contributed by atoms with E-state index >= 15 is 0 Å². The summed E-state index contributed by atoms with van der Waals surface area (Å²) in [4.78, 5) is 0. The summed E-state index contributed by atoms with van der Waals surface area (Å²) in [6.45, 7) is 2.10. The molecule has 2 aliphatic carbocycles. The zero-order valence-electron chi connectivity index (χ0n) is 18.9. The van der Waals surface area contributed by atoms with Crippen LogP contribution in [0.15, 0.2) is 42.5 Å². The molecule has 0 radical (unpaired) electrons. The van der Waals surface area contributed by atoms with Crippen LogP contribution >= 0.6 is 11.8 Å². The van der Waals surface area contributed by atoms with Crippen molar-refractivity contribution < 1.29 is 20.1 Å². The highest BCUT2D eigenvalue weighted by molar-refractivity contribution is 7.99. The first kappa shape index (κ1) is 22.4. The van der Waals surface area contributed by atoms with E-state index in [-0.39, 0.29) is 0 Å². The molecule has 32 heavy (non-hydrogen) atoms. The van der Waals surface area contributed by atoms with Gasteiger partial charge in [0, 0.05) is 0 Å². The molecular formula is C27H34O4S. The van der Waals surface area contributed by atoms with Crippen LogP contribution in [0.1, 0.15) is 66.0 Å². The second kappa shape index (κ2) is 8.77. The van der Waals surface area contributed by atoms with Gasteiger partial charge in [-0.3, -0.25) is 0 Å². The standard InChI is InChI=1S/C27H34O4S/c1-16-6-9-18(25-23(29)22(28)24(30)26(31-25)32-2)14-19(16)13-17-7-10-20(11-8-17)27-12-4-3-5-21(27)15-27/h6-11,14,21-26,28-30H,3-5,12-13,15H2,1-2H3/t21?,22-,23-,24+,25?,26-,27?/m1/s1. The van der Waals surface area contributed by atoms with Gasteiger partial charge in [0.05, 0.1) is 0 Å². The first-order chi connectivity index (χ1) is 15.4. The second-order valence-corrected chi connectivity index (χ2v) is 10.9. The minimum Gasteiger partial charge on any atom is -0.387 e. The third-order valence-electron chi connectivity index (χ3n) is 8.08. The van der Waals surface area contributed by atoms with E-state index in [1.165, 1.54) is 66.1 Å². The number of aliphatic hydroxyl groups excluding tert-OH is 3. The molecule has 3 fully saturated rings. The molecule has 2 saturated carbocycles. The Kier molecular flexibility index (Phi) is 6.14. The zero-order chi connectivity index (χ0) is 22.5. The second-order valence-electron chi connectivity index (χ2n) is 10.00. The Labute approximate surface area is 195 Å². The average Bonchev–Trinajstić information content (AvgIpc) is 3.56. The normalized spacial score (nSPS) is 36.5. The summed E-state index contributed by atoms with van der Waals surface area (Å²) >= 11 is 1.34. The van der Waals surface area contributed by atoms with Crippen LogP contribution in [0, 0.1) is 12.8 Å². The maximum atomic E-state index is 10.6. The molecule has 2 aromatic carbocycles. The predicted octanol–water partition coefficient (Wildman–Crippen LogP) is 4.26. The number of hydrogen-bond acceptors (Lipinski definition) is 5. The van der Waals surface area contributed by atoms with Crippen LogP contribution in [0.25, 0.3) is 0 Å². The molecule has 7 atom stereocenters. The molecule has 2 aromatic rings. The van der Waals surface area contributed by atoms with Crippen molar-refractivity contribution in [1.29, 1.82) is 0 Å². The van der Waals surface area contributed by atoms with Crippen LogP contribution in [0.3, 0.4) is 0 Å². The summed E-state index contributed by atoms with van der Waals surface area (Å²) in [7, 11) is 0. The van der Waals surface area contributed by atoms with Gasteiger partial charge in [-0.25, -0.2) is 0 Å². The van der Waals surface area contributed by atoms with Crippen molar-refractivity contribution in [3.63, 3.8) is 0 Å². The lowest BCUT2D eigenvalue weighted by atomic mass is 9.82. The first-order valence-corrected chi connectivity index (χ1v) is 13.1. The Balaban J connectivity index is 1.34. The highest BCUT2D eigenvalue weighted by Crippen LogP contribution is 2.62. The Bertz CT molecular complexity index is 959. The van der Waals surface area contributed by atoms with E-state index in [9.17, 15) is 15.3 Å². The van der Waals surface area contributed by atoms with Crippen LogP contribution in [0.5, 0.6) is 0 Å². The van der Waals surface area contributed by atoms with E-state index in [1.807, 2.05) is 12.3 Å². The van der Waals surface area contributed by atoms with Gasteiger partial charge in [0.2, 0.25) is 0 Å². The molecule has 1 aliphatic heterocycles. The number of aliphatic hydroxyl groups is 3. The Morgan fingerprint density at radius 3 is 2.50 bits per heavy atom. The fourth-order valence-corrected chi connectivity index (χ4v) is 6.62. The van der Waals surface area contributed by atoms with Gasteiger partial charge in [0.15, 0.2) is 0 Å². The molecule has 172 valence electrons. The summed E-state index contributed by atoms with van der Waals surface area (Å²) in [5, 5.41) is 31.0. The number of rotatable bonds is 5. The Morgan fingerprint density at radius 1 is 1.00 bits per heavy atom. The summed E-state index contributed by atoms with van der Waals surface area (Å²) in [6, 6.07) is 15.3. The van der Waals surface area contributed by atoms with Crippen LogP contribution in [0.2, 0.25) is 0 Å². The highest BCUT2D eigenvalue weighted by Gasteiger charge is 2.55. The van der Waals surface area contributed by atoms with E-state index in [1.54, 1.807) is 0 Å². The van der Waals surface area contributed by atoms with Crippen molar-refractivity contribution in [2.24, 2.45) is 5.92 Å². The van der Waals surface area contributed by atoms with Crippen molar-refractivity contribution in [2.45, 2.75) is 80.7 Å². The number of benzene rings is 2. The number of thioether (sulfide) groups is 1. The molecule has 3 N–H and O–H groups in total. The summed E-state index contributed by atoms with van der Waals surface area (Å²) in [5.74, 6) is 0.905. The molecule has 0 amide bonds. The molecule has 3 unspecified atom stereocenters. The van der Waals surface area contributed by atoms with Gasteiger partial charge >= 0.3 is 0 Å². The summed E-state index contributed by atoms with van der Waals surface area (Å²) in [6.07, 6.45) is 5.36. The van der Waals surface area contributed by atoms with Crippen molar-refractivity contribution in [2.75, 3.05) is 6.26 Å². The van der Waals surface area contributed by atoms with Crippen LogP contribution in [-0.2, 0) is 16.6 Å². The Hall–Kier alpha value is -1.37. The minimum atomic E-state index is -1.23. The van der Waals surface area contributed by atoms with Crippen LogP contribution in [0.4, 0.5) is 0 Å². The molecule has 1 saturated heterocycles. The fraction of sp³-hybridized carbons (Fsp3) is 0.556. The molecule has 5 heteroatoms. The van der Waals surface area contributed by atoms with Crippen LogP contribution in [-0.4, -0.2) is 45.3 Å². The lowest BCUT2D eigenvalue weighted by Crippen LogP contribution is -2.52. The fourth-order valence-electron chi connectivity index (χ4n) is 5.95. The quantitative estimate of drug-likeness (QED) is 0.630. The third kappa shape index (κ3) is 3.92. The first-order valence-electron chi connectivity index (χ1n) is 11.8. The number of aryl methyl sites for hydroxylation is 1. The molecular weight excluding hydrogens is 420 g/mol. The van der Waals surface area contributed by atoms with Crippen molar-refractivity contribution >= 4 is 11.8 Å². The van der Waals surface area contributed by atoms with E-state index in [0.29, 0.717) is 5.41 Å². The molecule has 1 heterocycles. The van der Waals surface area contributed by atoms with E-state index in [2.05, 4.69) is 43.3 Å². The molecule has 0 aromatic heterocycles. The maximum Gasteiger partial charge on any atom is 0.132 e. The van der Waals surface area contributed by atoms with Gasteiger partial charge < -0.3 is 20.1 Å². The van der Waals surface area contributed by atoms with Gasteiger partial charge in [-0.2, -0.15) is 0 Å².